The van der Waals surface area contributed by atoms with E-state index in [9.17, 15) is 4.79 Å². The molecule has 1 aromatic carbocycles. The van der Waals surface area contributed by atoms with Gasteiger partial charge in [0.05, 0.1) is 6.42 Å². The Morgan fingerprint density at radius 2 is 1.23 bits per heavy atom. The summed E-state index contributed by atoms with van der Waals surface area (Å²) < 4.78 is 0.264. The van der Waals surface area contributed by atoms with E-state index < -0.39 is 0 Å². The summed E-state index contributed by atoms with van der Waals surface area (Å²) in [4.78, 5) is 17.9. The van der Waals surface area contributed by atoms with Gasteiger partial charge in [0, 0.05) is 5.56 Å². The first-order valence-electron chi connectivity index (χ1n) is 12.6. The van der Waals surface area contributed by atoms with Gasteiger partial charge in [-0.3, -0.25) is 4.84 Å². The predicted molar refractivity (Wildman–Crippen MR) is 128 cm³/mol. The molecule has 0 atom stereocenters. The summed E-state index contributed by atoms with van der Waals surface area (Å²) in [5, 5.41) is 0. The Hall–Kier alpha value is -1.35. The fraction of sp³-hybridized carbons (Fsp3) is 0.741. The number of nitrogens with zero attached hydrogens (tertiary/aromatic N) is 1. The van der Waals surface area contributed by atoms with E-state index in [1.54, 1.807) is 0 Å². The molecule has 0 saturated carbocycles. The van der Waals surface area contributed by atoms with Crippen molar-refractivity contribution in [3.05, 3.63) is 35.4 Å². The van der Waals surface area contributed by atoms with Crippen LogP contribution in [-0.2, 0) is 22.6 Å². The second-order valence-corrected chi connectivity index (χ2v) is 9.35. The van der Waals surface area contributed by atoms with Crippen molar-refractivity contribution in [3.63, 3.8) is 0 Å². The van der Waals surface area contributed by atoms with Gasteiger partial charge in [-0.25, -0.2) is 4.79 Å². The SMILES string of the molecule is CCCCCCCCCCCCc1ccccc1C[N+](C)(C)OC(=O)CCCCC. The molecule has 0 aromatic heterocycles. The molecule has 0 saturated heterocycles. The largest absolute Gasteiger partial charge is 0.366 e. The van der Waals surface area contributed by atoms with Crippen LogP contribution in [0.5, 0.6) is 0 Å². The third-order valence-corrected chi connectivity index (χ3v) is 5.80. The molecule has 0 aliphatic heterocycles. The zero-order valence-electron chi connectivity index (χ0n) is 20.4. The number of carbonyl (C=O) groups excluding carboxylic acids is 1. The van der Waals surface area contributed by atoms with Crippen LogP contribution in [0.4, 0.5) is 0 Å². The number of hydrogen-bond donors (Lipinski definition) is 0. The van der Waals surface area contributed by atoms with Crippen molar-refractivity contribution in [2.45, 2.75) is 117 Å². The molecule has 0 bridgehead atoms. The van der Waals surface area contributed by atoms with Gasteiger partial charge >= 0.3 is 5.97 Å². The molecule has 0 N–H and O–H groups in total. The predicted octanol–water partition coefficient (Wildman–Crippen LogP) is 7.76. The first kappa shape index (κ1) is 26.7. The monoisotopic (exact) mass is 418 g/mol. The van der Waals surface area contributed by atoms with Crippen molar-refractivity contribution in [2.24, 2.45) is 0 Å². The molecular weight excluding hydrogens is 370 g/mol. The van der Waals surface area contributed by atoms with E-state index in [1.807, 2.05) is 14.1 Å². The molecule has 0 amide bonds. The number of hydroxylamine groups is 3. The van der Waals surface area contributed by atoms with Crippen LogP contribution >= 0.6 is 0 Å². The number of quaternary nitrogens is 1. The van der Waals surface area contributed by atoms with E-state index >= 15 is 0 Å². The molecule has 1 aromatic rings. The average Bonchev–Trinajstić information content (AvgIpc) is 2.70. The van der Waals surface area contributed by atoms with Crippen molar-refractivity contribution in [1.29, 1.82) is 0 Å². The Bertz CT molecular complexity index is 568. The van der Waals surface area contributed by atoms with Crippen LogP contribution < -0.4 is 0 Å². The van der Waals surface area contributed by atoms with Gasteiger partial charge in [0.15, 0.2) is 0 Å². The minimum atomic E-state index is -0.0828. The Kier molecular flexibility index (Phi) is 14.5. The molecule has 3 nitrogen and oxygen atoms in total. The third kappa shape index (κ3) is 13.1. The smallest absolute Gasteiger partial charge is 0.277 e. The third-order valence-electron chi connectivity index (χ3n) is 5.80. The van der Waals surface area contributed by atoms with E-state index in [1.165, 1.54) is 75.3 Å². The van der Waals surface area contributed by atoms with Gasteiger partial charge < -0.3 is 0 Å². The highest BCUT2D eigenvalue weighted by Crippen LogP contribution is 2.19. The van der Waals surface area contributed by atoms with Crippen molar-refractivity contribution in [3.8, 4) is 0 Å². The number of rotatable bonds is 18. The molecule has 1 rings (SSSR count). The Morgan fingerprint density at radius 1 is 0.733 bits per heavy atom. The molecule has 0 aliphatic carbocycles. The summed E-state index contributed by atoms with van der Waals surface area (Å²) in [6.07, 6.45) is 18.4. The van der Waals surface area contributed by atoms with Crippen LogP contribution in [0.1, 0.15) is 115 Å². The number of carbonyl (C=O) groups is 1. The minimum absolute atomic E-state index is 0.0828. The molecule has 172 valence electrons. The Morgan fingerprint density at radius 3 is 1.83 bits per heavy atom. The summed E-state index contributed by atoms with van der Waals surface area (Å²) in [5.41, 5.74) is 2.71. The Labute approximate surface area is 186 Å². The topological polar surface area (TPSA) is 26.3 Å². The van der Waals surface area contributed by atoms with Crippen LogP contribution in [0.25, 0.3) is 0 Å². The second kappa shape index (κ2) is 16.4. The first-order valence-corrected chi connectivity index (χ1v) is 12.6. The molecule has 30 heavy (non-hydrogen) atoms. The van der Waals surface area contributed by atoms with Gasteiger partial charge in [-0.05, 0) is 24.8 Å². The molecule has 0 fully saturated rings. The van der Waals surface area contributed by atoms with Gasteiger partial charge in [-0.15, -0.1) is 4.65 Å². The zero-order chi connectivity index (χ0) is 22.1. The van der Waals surface area contributed by atoms with Gasteiger partial charge in [0.2, 0.25) is 0 Å². The van der Waals surface area contributed by atoms with Gasteiger partial charge in [-0.2, -0.15) is 0 Å². The first-order chi connectivity index (χ1) is 14.5. The van der Waals surface area contributed by atoms with E-state index in [2.05, 4.69) is 38.1 Å². The number of unbranched alkanes of at least 4 members (excludes halogenated alkanes) is 11. The average molecular weight is 419 g/mol. The van der Waals surface area contributed by atoms with E-state index in [-0.39, 0.29) is 10.6 Å². The highest BCUT2D eigenvalue weighted by Gasteiger charge is 2.23. The van der Waals surface area contributed by atoms with Crippen LogP contribution in [0.15, 0.2) is 24.3 Å². The fourth-order valence-electron chi connectivity index (χ4n) is 4.04. The van der Waals surface area contributed by atoms with Gasteiger partial charge in [0.1, 0.15) is 20.6 Å². The van der Waals surface area contributed by atoms with Crippen molar-refractivity contribution >= 4 is 5.97 Å². The van der Waals surface area contributed by atoms with Crippen molar-refractivity contribution < 1.29 is 14.3 Å². The molecule has 0 unspecified atom stereocenters. The molecule has 3 heteroatoms. The van der Waals surface area contributed by atoms with E-state index in [0.29, 0.717) is 6.42 Å². The maximum atomic E-state index is 12.1. The van der Waals surface area contributed by atoms with Gasteiger partial charge in [0.25, 0.3) is 0 Å². The fourth-order valence-corrected chi connectivity index (χ4v) is 4.04. The van der Waals surface area contributed by atoms with Crippen LogP contribution in [0.2, 0.25) is 0 Å². The number of benzene rings is 1. The maximum absolute atomic E-state index is 12.1. The number of hydrogen-bond acceptors (Lipinski definition) is 2. The maximum Gasteiger partial charge on any atom is 0.366 e. The highest BCUT2D eigenvalue weighted by atomic mass is 16.7. The summed E-state index contributed by atoms with van der Waals surface area (Å²) in [6, 6.07) is 8.66. The summed E-state index contributed by atoms with van der Waals surface area (Å²) >= 11 is 0. The lowest BCUT2D eigenvalue weighted by molar-refractivity contribution is -1.07. The lowest BCUT2D eigenvalue weighted by Gasteiger charge is -2.27. The molecule has 0 spiro atoms. The van der Waals surface area contributed by atoms with Crippen molar-refractivity contribution in [1.82, 2.24) is 0 Å². The second-order valence-electron chi connectivity index (χ2n) is 9.35. The lowest BCUT2D eigenvalue weighted by atomic mass is 9.99. The lowest BCUT2D eigenvalue weighted by Crippen LogP contribution is -2.41. The number of aryl methyl sites for hydroxylation is 1. The highest BCUT2D eigenvalue weighted by molar-refractivity contribution is 5.68. The summed E-state index contributed by atoms with van der Waals surface area (Å²) in [7, 11) is 3.96. The molecule has 0 aliphatic rings. The molecule has 0 heterocycles. The van der Waals surface area contributed by atoms with Crippen molar-refractivity contribution in [2.75, 3.05) is 14.1 Å². The minimum Gasteiger partial charge on any atom is -0.277 e. The van der Waals surface area contributed by atoms with E-state index in [4.69, 9.17) is 4.84 Å². The van der Waals surface area contributed by atoms with Crippen LogP contribution in [0, 0.1) is 0 Å². The quantitative estimate of drug-likeness (QED) is 0.138. The van der Waals surface area contributed by atoms with E-state index in [0.717, 1.165) is 32.2 Å². The van der Waals surface area contributed by atoms with Gasteiger partial charge in [-0.1, -0.05) is 109 Å². The summed E-state index contributed by atoms with van der Waals surface area (Å²) in [6.45, 7) is 5.16. The summed E-state index contributed by atoms with van der Waals surface area (Å²) in [5.74, 6) is -0.0828. The Balaban J connectivity index is 2.33. The zero-order valence-corrected chi connectivity index (χ0v) is 20.4. The van der Waals surface area contributed by atoms with Crippen LogP contribution in [0.3, 0.4) is 0 Å². The molecule has 0 radical (unpaired) electrons. The normalized spacial score (nSPS) is 11.6. The standard InChI is InChI=1S/C27H48NO2/c1-5-7-9-10-11-12-13-14-15-17-20-25-21-18-19-22-26(25)24-28(3,4)30-27(29)23-16-8-6-2/h18-19,21-22H,5-17,20,23-24H2,1-4H3/q+1. The molecular formula is C27H48NO2+. The van der Waals surface area contributed by atoms with Crippen LogP contribution in [-0.4, -0.2) is 24.7 Å².